The first-order valence-electron chi connectivity index (χ1n) is 4.98. The third kappa shape index (κ3) is 3.57. The van der Waals surface area contributed by atoms with Gasteiger partial charge in [-0.25, -0.2) is 4.79 Å². The molecule has 1 aromatic rings. The summed E-state index contributed by atoms with van der Waals surface area (Å²) in [4.78, 5) is 21.7. The van der Waals surface area contributed by atoms with Crippen LogP contribution in [0.25, 0.3) is 0 Å². The number of carbonyl (C=O) groups excluding carboxylic acids is 2. The van der Waals surface area contributed by atoms with E-state index in [0.29, 0.717) is 17.6 Å². The molecule has 0 spiro atoms. The van der Waals surface area contributed by atoms with Gasteiger partial charge in [-0.05, 0) is 19.1 Å². The molecule has 17 heavy (non-hydrogen) atoms. The molecule has 1 aromatic carbocycles. The molecule has 0 fully saturated rings. The summed E-state index contributed by atoms with van der Waals surface area (Å²) in [7, 11) is 1.18. The minimum Gasteiger partial charge on any atom is -0.490 e. The highest BCUT2D eigenvalue weighted by Crippen LogP contribution is 2.15. The van der Waals surface area contributed by atoms with Crippen LogP contribution in [0.5, 0.6) is 5.75 Å². The van der Waals surface area contributed by atoms with Gasteiger partial charge in [-0.15, -0.1) is 0 Å². The predicted octanol–water partition coefficient (Wildman–Crippen LogP) is 0.802. The van der Waals surface area contributed by atoms with E-state index in [-0.39, 0.29) is 6.61 Å². The summed E-state index contributed by atoms with van der Waals surface area (Å²) in [6, 6.07) is 6.41. The first kappa shape index (κ1) is 13.2. The number of benzene rings is 1. The van der Waals surface area contributed by atoms with Gasteiger partial charge in [0.2, 0.25) is 0 Å². The SMILES string of the molecule is COC(=O)C(C)(O)COc1cccc(C=O)c1. The van der Waals surface area contributed by atoms with E-state index in [1.165, 1.54) is 20.1 Å². The molecule has 1 rings (SSSR count). The van der Waals surface area contributed by atoms with Crippen LogP contribution >= 0.6 is 0 Å². The molecule has 0 saturated heterocycles. The first-order valence-corrected chi connectivity index (χ1v) is 4.98. The number of esters is 1. The van der Waals surface area contributed by atoms with E-state index in [2.05, 4.69) is 4.74 Å². The fourth-order valence-electron chi connectivity index (χ4n) is 1.18. The fraction of sp³-hybridized carbons (Fsp3) is 0.333. The molecule has 1 unspecified atom stereocenters. The molecule has 92 valence electrons. The maximum atomic E-state index is 11.2. The van der Waals surface area contributed by atoms with Crippen molar-refractivity contribution in [3.8, 4) is 5.75 Å². The predicted molar refractivity (Wildman–Crippen MR) is 60.0 cm³/mol. The van der Waals surface area contributed by atoms with Crippen LogP contribution < -0.4 is 4.74 Å². The summed E-state index contributed by atoms with van der Waals surface area (Å²) in [6.07, 6.45) is 0.686. The molecule has 5 nitrogen and oxygen atoms in total. The lowest BCUT2D eigenvalue weighted by Gasteiger charge is -2.20. The van der Waals surface area contributed by atoms with Gasteiger partial charge < -0.3 is 14.6 Å². The number of methoxy groups -OCH3 is 1. The van der Waals surface area contributed by atoms with E-state index in [9.17, 15) is 14.7 Å². The second kappa shape index (κ2) is 5.45. The van der Waals surface area contributed by atoms with Crippen molar-refractivity contribution in [1.82, 2.24) is 0 Å². The second-order valence-corrected chi connectivity index (χ2v) is 3.74. The number of rotatable bonds is 5. The van der Waals surface area contributed by atoms with E-state index < -0.39 is 11.6 Å². The van der Waals surface area contributed by atoms with Gasteiger partial charge in [0, 0.05) is 5.56 Å². The number of aliphatic hydroxyl groups is 1. The molecular formula is C12H14O5. The number of ether oxygens (including phenoxy) is 2. The van der Waals surface area contributed by atoms with Gasteiger partial charge in [-0.1, -0.05) is 12.1 Å². The third-order valence-electron chi connectivity index (χ3n) is 2.14. The Hall–Kier alpha value is -1.88. The van der Waals surface area contributed by atoms with Gasteiger partial charge in [0.25, 0.3) is 0 Å². The highest BCUT2D eigenvalue weighted by atomic mass is 16.6. The van der Waals surface area contributed by atoms with Crippen molar-refractivity contribution in [3.05, 3.63) is 29.8 Å². The summed E-state index contributed by atoms with van der Waals surface area (Å²) in [5.74, 6) is -0.372. The van der Waals surface area contributed by atoms with Crippen LogP contribution in [0.3, 0.4) is 0 Å². The molecule has 0 radical (unpaired) electrons. The zero-order valence-electron chi connectivity index (χ0n) is 9.67. The third-order valence-corrected chi connectivity index (χ3v) is 2.14. The van der Waals surface area contributed by atoms with Crippen molar-refractivity contribution in [2.24, 2.45) is 0 Å². The zero-order chi connectivity index (χ0) is 12.9. The molecule has 0 heterocycles. The summed E-state index contributed by atoms with van der Waals surface area (Å²) in [5.41, 5.74) is -1.26. The lowest BCUT2D eigenvalue weighted by Crippen LogP contribution is -2.42. The number of carbonyl (C=O) groups is 2. The number of hydrogen-bond acceptors (Lipinski definition) is 5. The van der Waals surface area contributed by atoms with E-state index in [0.717, 1.165) is 0 Å². The summed E-state index contributed by atoms with van der Waals surface area (Å²) in [5, 5.41) is 9.70. The minimum atomic E-state index is -1.72. The molecule has 5 heteroatoms. The van der Waals surface area contributed by atoms with Crippen LogP contribution in [0.15, 0.2) is 24.3 Å². The molecule has 0 aliphatic rings. The molecule has 0 aliphatic carbocycles. The van der Waals surface area contributed by atoms with Crippen molar-refractivity contribution in [3.63, 3.8) is 0 Å². The molecule has 0 bridgehead atoms. The first-order chi connectivity index (χ1) is 7.99. The maximum absolute atomic E-state index is 11.2. The van der Waals surface area contributed by atoms with Crippen molar-refractivity contribution in [1.29, 1.82) is 0 Å². The average molecular weight is 238 g/mol. The van der Waals surface area contributed by atoms with Gasteiger partial charge in [0.05, 0.1) is 7.11 Å². The van der Waals surface area contributed by atoms with Crippen LogP contribution in [0.4, 0.5) is 0 Å². The number of hydrogen-bond donors (Lipinski definition) is 1. The normalized spacial score (nSPS) is 13.6. The maximum Gasteiger partial charge on any atom is 0.341 e. The molecular weight excluding hydrogens is 224 g/mol. The summed E-state index contributed by atoms with van der Waals surface area (Å²) in [6.45, 7) is 1.05. The van der Waals surface area contributed by atoms with E-state index >= 15 is 0 Å². The summed E-state index contributed by atoms with van der Waals surface area (Å²) < 4.78 is 9.65. The second-order valence-electron chi connectivity index (χ2n) is 3.74. The molecule has 1 atom stereocenters. The molecule has 0 saturated carbocycles. The highest BCUT2D eigenvalue weighted by Gasteiger charge is 2.32. The quantitative estimate of drug-likeness (QED) is 0.606. The smallest absolute Gasteiger partial charge is 0.341 e. The molecule has 0 aliphatic heterocycles. The standard InChI is InChI=1S/C12H14O5/c1-12(15,11(14)16-2)8-17-10-5-3-4-9(6-10)7-13/h3-7,15H,8H2,1-2H3. The fourth-order valence-corrected chi connectivity index (χ4v) is 1.18. The molecule has 1 N–H and O–H groups in total. The Morgan fingerprint density at radius 2 is 2.24 bits per heavy atom. The summed E-state index contributed by atoms with van der Waals surface area (Å²) >= 11 is 0. The monoisotopic (exact) mass is 238 g/mol. The lowest BCUT2D eigenvalue weighted by atomic mass is 10.1. The Labute approximate surface area is 99.0 Å². The van der Waals surface area contributed by atoms with Crippen molar-refractivity contribution in [2.75, 3.05) is 13.7 Å². The minimum absolute atomic E-state index is 0.248. The number of aldehydes is 1. The molecule has 0 amide bonds. The Bertz CT molecular complexity index is 411. The van der Waals surface area contributed by atoms with E-state index in [4.69, 9.17) is 4.74 Å². The Morgan fingerprint density at radius 1 is 1.53 bits per heavy atom. The van der Waals surface area contributed by atoms with Crippen LogP contribution in [0.2, 0.25) is 0 Å². The Kier molecular flexibility index (Phi) is 4.23. The van der Waals surface area contributed by atoms with Crippen molar-refractivity contribution >= 4 is 12.3 Å². The average Bonchev–Trinajstić information content (AvgIpc) is 2.35. The van der Waals surface area contributed by atoms with Gasteiger partial charge >= 0.3 is 5.97 Å². The van der Waals surface area contributed by atoms with E-state index in [1.807, 2.05) is 0 Å². The highest BCUT2D eigenvalue weighted by molar-refractivity contribution is 5.78. The van der Waals surface area contributed by atoms with Gasteiger partial charge in [0.15, 0.2) is 5.60 Å². The zero-order valence-corrected chi connectivity index (χ0v) is 9.67. The lowest BCUT2D eigenvalue weighted by molar-refractivity contribution is -0.163. The van der Waals surface area contributed by atoms with Crippen LogP contribution in [-0.4, -0.2) is 36.7 Å². The largest absolute Gasteiger partial charge is 0.490 e. The Balaban J connectivity index is 2.66. The van der Waals surface area contributed by atoms with E-state index in [1.54, 1.807) is 18.2 Å². The van der Waals surface area contributed by atoms with Gasteiger partial charge in [0.1, 0.15) is 18.6 Å². The topological polar surface area (TPSA) is 72.8 Å². The van der Waals surface area contributed by atoms with Crippen molar-refractivity contribution in [2.45, 2.75) is 12.5 Å². The Morgan fingerprint density at radius 3 is 2.82 bits per heavy atom. The van der Waals surface area contributed by atoms with Crippen LogP contribution in [-0.2, 0) is 9.53 Å². The van der Waals surface area contributed by atoms with Crippen LogP contribution in [0, 0.1) is 0 Å². The van der Waals surface area contributed by atoms with Crippen molar-refractivity contribution < 1.29 is 24.2 Å². The molecule has 0 aromatic heterocycles. The van der Waals surface area contributed by atoms with Crippen LogP contribution in [0.1, 0.15) is 17.3 Å². The van der Waals surface area contributed by atoms with Gasteiger partial charge in [-0.3, -0.25) is 4.79 Å². The van der Waals surface area contributed by atoms with Gasteiger partial charge in [-0.2, -0.15) is 0 Å².